The first kappa shape index (κ1) is 20.2. The van der Waals surface area contributed by atoms with Crippen LogP contribution >= 0.6 is 23.2 Å². The van der Waals surface area contributed by atoms with Crippen LogP contribution in [0.4, 0.5) is 0 Å². The third-order valence-corrected chi connectivity index (χ3v) is 6.64. The van der Waals surface area contributed by atoms with Gasteiger partial charge in [-0.15, -0.1) is 0 Å². The molecule has 2 atom stereocenters. The SMILES string of the molecule is O=C(O)CC1COc2cc(OC3CCc4c(-c5c(Cl)cccc5Cl)cccc43)ccc21. The van der Waals surface area contributed by atoms with Crippen molar-refractivity contribution in [3.63, 3.8) is 0 Å². The van der Waals surface area contributed by atoms with Crippen molar-refractivity contribution in [1.82, 2.24) is 0 Å². The summed E-state index contributed by atoms with van der Waals surface area (Å²) in [5.74, 6) is 0.489. The fourth-order valence-corrected chi connectivity index (χ4v) is 5.20. The number of rotatable bonds is 5. The highest BCUT2D eigenvalue weighted by Gasteiger charge is 2.30. The molecule has 158 valence electrons. The Balaban J connectivity index is 1.42. The molecule has 0 spiro atoms. The summed E-state index contributed by atoms with van der Waals surface area (Å²) in [5.41, 5.74) is 5.18. The quantitative estimate of drug-likeness (QED) is 0.467. The average Bonchev–Trinajstić information content (AvgIpc) is 3.32. The Morgan fingerprint density at radius 3 is 2.61 bits per heavy atom. The van der Waals surface area contributed by atoms with Gasteiger partial charge in [0.15, 0.2) is 0 Å². The van der Waals surface area contributed by atoms with Gasteiger partial charge in [0.2, 0.25) is 0 Å². The fourth-order valence-electron chi connectivity index (χ4n) is 4.60. The number of fused-ring (bicyclic) bond motifs is 2. The van der Waals surface area contributed by atoms with E-state index in [9.17, 15) is 4.79 Å². The van der Waals surface area contributed by atoms with Crippen LogP contribution in [-0.4, -0.2) is 17.7 Å². The minimum atomic E-state index is -0.821. The number of carboxylic acid groups (broad SMARTS) is 1. The molecule has 1 aliphatic heterocycles. The van der Waals surface area contributed by atoms with E-state index in [4.69, 9.17) is 37.8 Å². The fraction of sp³-hybridized carbons (Fsp3) is 0.240. The van der Waals surface area contributed by atoms with Crippen LogP contribution in [0.15, 0.2) is 54.6 Å². The predicted molar refractivity (Wildman–Crippen MR) is 121 cm³/mol. The maximum absolute atomic E-state index is 11.1. The van der Waals surface area contributed by atoms with Crippen molar-refractivity contribution in [2.75, 3.05) is 6.61 Å². The summed E-state index contributed by atoms with van der Waals surface area (Å²) in [6.45, 7) is 0.388. The van der Waals surface area contributed by atoms with Gasteiger partial charge in [0.25, 0.3) is 0 Å². The number of aliphatic carboxylic acids is 1. The number of benzene rings is 3. The molecule has 3 aromatic carbocycles. The molecule has 2 unspecified atom stereocenters. The van der Waals surface area contributed by atoms with Crippen LogP contribution in [0.5, 0.6) is 11.5 Å². The minimum absolute atomic E-state index is 0.0661. The first-order chi connectivity index (χ1) is 15.0. The highest BCUT2D eigenvalue weighted by atomic mass is 35.5. The van der Waals surface area contributed by atoms with Gasteiger partial charge in [-0.25, -0.2) is 0 Å². The van der Waals surface area contributed by atoms with Gasteiger partial charge in [-0.05, 0) is 47.7 Å². The van der Waals surface area contributed by atoms with E-state index in [-0.39, 0.29) is 18.4 Å². The van der Waals surface area contributed by atoms with Crippen LogP contribution < -0.4 is 9.47 Å². The van der Waals surface area contributed by atoms with Gasteiger partial charge >= 0.3 is 5.97 Å². The molecule has 1 N–H and O–H groups in total. The van der Waals surface area contributed by atoms with Crippen LogP contribution in [0.25, 0.3) is 11.1 Å². The van der Waals surface area contributed by atoms with Crippen molar-refractivity contribution < 1.29 is 19.4 Å². The monoisotopic (exact) mass is 454 g/mol. The number of carbonyl (C=O) groups is 1. The van der Waals surface area contributed by atoms with Gasteiger partial charge in [-0.1, -0.05) is 53.5 Å². The van der Waals surface area contributed by atoms with Crippen molar-refractivity contribution >= 4 is 29.2 Å². The number of carboxylic acids is 1. The first-order valence-electron chi connectivity index (χ1n) is 10.2. The van der Waals surface area contributed by atoms with E-state index >= 15 is 0 Å². The summed E-state index contributed by atoms with van der Waals surface area (Å²) < 4.78 is 12.0. The third kappa shape index (κ3) is 3.75. The summed E-state index contributed by atoms with van der Waals surface area (Å²) in [6.07, 6.45) is 1.72. The highest BCUT2D eigenvalue weighted by Crippen LogP contribution is 2.45. The van der Waals surface area contributed by atoms with Crippen LogP contribution in [-0.2, 0) is 11.2 Å². The summed E-state index contributed by atoms with van der Waals surface area (Å²) in [5, 5.41) is 10.4. The van der Waals surface area contributed by atoms with Gasteiger partial charge in [0.1, 0.15) is 17.6 Å². The van der Waals surface area contributed by atoms with Gasteiger partial charge in [0, 0.05) is 33.2 Å². The molecular formula is C25H20Cl2O4. The number of ether oxygens (including phenoxy) is 2. The van der Waals surface area contributed by atoms with Crippen molar-refractivity contribution in [2.24, 2.45) is 0 Å². The standard InChI is InChI=1S/C25H20Cl2O4/c26-20-5-2-6-21(27)25(20)19-4-1-3-18-17(19)9-10-22(18)31-15-7-8-16-14(11-24(28)29)13-30-23(16)12-15/h1-8,12,14,22H,9-11,13H2,(H,28,29). The molecule has 31 heavy (non-hydrogen) atoms. The Morgan fingerprint density at radius 1 is 1.06 bits per heavy atom. The molecule has 4 nitrogen and oxygen atoms in total. The van der Waals surface area contributed by atoms with E-state index < -0.39 is 5.97 Å². The number of hydrogen-bond donors (Lipinski definition) is 1. The van der Waals surface area contributed by atoms with Crippen molar-refractivity contribution in [3.05, 3.63) is 81.3 Å². The zero-order valence-electron chi connectivity index (χ0n) is 16.6. The lowest BCUT2D eigenvalue weighted by atomic mass is 9.96. The van der Waals surface area contributed by atoms with Crippen LogP contribution in [0, 0.1) is 0 Å². The van der Waals surface area contributed by atoms with E-state index in [1.807, 2.05) is 42.5 Å². The van der Waals surface area contributed by atoms with Gasteiger partial charge in [-0.2, -0.15) is 0 Å². The zero-order chi connectivity index (χ0) is 21.5. The minimum Gasteiger partial charge on any atom is -0.492 e. The normalized spacial score (nSPS) is 18.9. The predicted octanol–water partition coefficient (Wildman–Crippen LogP) is 6.68. The van der Waals surface area contributed by atoms with Crippen LogP contribution in [0.3, 0.4) is 0 Å². The summed E-state index contributed by atoms with van der Waals surface area (Å²) in [7, 11) is 0. The van der Waals surface area contributed by atoms with Crippen molar-refractivity contribution in [2.45, 2.75) is 31.3 Å². The van der Waals surface area contributed by atoms with Gasteiger partial charge < -0.3 is 14.6 Å². The number of halogens is 2. The molecular weight excluding hydrogens is 435 g/mol. The lowest BCUT2D eigenvalue weighted by Gasteiger charge is -2.17. The summed E-state index contributed by atoms with van der Waals surface area (Å²) >= 11 is 12.9. The molecule has 0 saturated carbocycles. The molecule has 6 heteroatoms. The maximum Gasteiger partial charge on any atom is 0.304 e. The molecule has 0 aromatic heterocycles. The topological polar surface area (TPSA) is 55.8 Å². The largest absolute Gasteiger partial charge is 0.492 e. The van der Waals surface area contributed by atoms with Gasteiger partial charge in [-0.3, -0.25) is 4.79 Å². The van der Waals surface area contributed by atoms with E-state index in [1.165, 1.54) is 5.56 Å². The van der Waals surface area contributed by atoms with Crippen LogP contribution in [0.1, 0.15) is 41.6 Å². The van der Waals surface area contributed by atoms with Gasteiger partial charge in [0.05, 0.1) is 13.0 Å². The molecule has 0 amide bonds. The molecule has 2 aliphatic rings. The smallest absolute Gasteiger partial charge is 0.304 e. The molecule has 0 bridgehead atoms. The molecule has 1 aliphatic carbocycles. The second-order valence-corrected chi connectivity index (χ2v) is 8.74. The molecule has 5 rings (SSSR count). The Labute approximate surface area is 190 Å². The van der Waals surface area contributed by atoms with E-state index in [1.54, 1.807) is 0 Å². The Morgan fingerprint density at radius 2 is 1.84 bits per heavy atom. The second kappa shape index (κ2) is 8.10. The van der Waals surface area contributed by atoms with Crippen molar-refractivity contribution in [3.8, 4) is 22.6 Å². The molecule has 0 fully saturated rings. The molecule has 1 heterocycles. The maximum atomic E-state index is 11.1. The van der Waals surface area contributed by atoms with E-state index in [0.717, 1.165) is 35.1 Å². The van der Waals surface area contributed by atoms with Crippen molar-refractivity contribution in [1.29, 1.82) is 0 Å². The summed E-state index contributed by atoms with van der Waals surface area (Å²) in [6, 6.07) is 17.4. The number of hydrogen-bond acceptors (Lipinski definition) is 3. The Bertz CT molecular complexity index is 1150. The molecule has 0 saturated heterocycles. The average molecular weight is 455 g/mol. The zero-order valence-corrected chi connectivity index (χ0v) is 18.1. The third-order valence-electron chi connectivity index (χ3n) is 6.01. The molecule has 0 radical (unpaired) electrons. The summed E-state index contributed by atoms with van der Waals surface area (Å²) in [4.78, 5) is 11.1. The lowest BCUT2D eigenvalue weighted by molar-refractivity contribution is -0.137. The Kier molecular flexibility index (Phi) is 5.28. The second-order valence-electron chi connectivity index (χ2n) is 7.92. The lowest BCUT2D eigenvalue weighted by Crippen LogP contribution is -2.07. The highest BCUT2D eigenvalue weighted by molar-refractivity contribution is 6.39. The molecule has 3 aromatic rings. The first-order valence-corrected chi connectivity index (χ1v) is 11.0. The Hall–Kier alpha value is -2.69. The van der Waals surface area contributed by atoms with E-state index in [2.05, 4.69) is 12.1 Å². The van der Waals surface area contributed by atoms with Crippen LogP contribution in [0.2, 0.25) is 10.0 Å². The van der Waals surface area contributed by atoms with E-state index in [0.29, 0.717) is 28.2 Å².